The van der Waals surface area contributed by atoms with Crippen molar-refractivity contribution >= 4 is 31.9 Å². The van der Waals surface area contributed by atoms with Crippen LogP contribution in [0.25, 0.3) is 0 Å². The fraction of sp³-hybridized carbons (Fsp3) is 0.500. The first-order valence-electron chi connectivity index (χ1n) is 5.14. The van der Waals surface area contributed by atoms with Gasteiger partial charge in [0.2, 0.25) is 0 Å². The maximum absolute atomic E-state index is 6.26. The number of nitrogens with two attached hydrogens (primary N) is 1. The van der Waals surface area contributed by atoms with Crippen molar-refractivity contribution in [1.82, 2.24) is 0 Å². The monoisotopic (exact) mass is 333 g/mol. The van der Waals surface area contributed by atoms with Gasteiger partial charge in [-0.2, -0.15) is 0 Å². The fourth-order valence-corrected chi connectivity index (χ4v) is 2.36. The van der Waals surface area contributed by atoms with Crippen LogP contribution in [0.5, 0.6) is 0 Å². The molecule has 2 N–H and O–H groups in total. The minimum absolute atomic E-state index is 0.0804. The summed E-state index contributed by atoms with van der Waals surface area (Å²) in [6.07, 6.45) is 0. The molecule has 1 nitrogen and oxygen atoms in total. The van der Waals surface area contributed by atoms with Crippen LogP contribution in [0.15, 0.2) is 27.1 Å². The maximum Gasteiger partial charge on any atom is 0.0334 e. The van der Waals surface area contributed by atoms with Gasteiger partial charge in [-0.15, -0.1) is 0 Å². The number of hydrogen-bond acceptors (Lipinski definition) is 1. The molecule has 0 aliphatic carbocycles. The van der Waals surface area contributed by atoms with Gasteiger partial charge in [-0.3, -0.25) is 0 Å². The van der Waals surface area contributed by atoms with Crippen LogP contribution in [0.4, 0.5) is 0 Å². The van der Waals surface area contributed by atoms with Crippen LogP contribution in [-0.2, 0) is 0 Å². The first-order chi connectivity index (χ1) is 6.93. The summed E-state index contributed by atoms with van der Waals surface area (Å²) < 4.78 is 2.16. The lowest BCUT2D eigenvalue weighted by molar-refractivity contribution is 0.351. The first kappa shape index (κ1) is 13.2. The van der Waals surface area contributed by atoms with Crippen LogP contribution < -0.4 is 5.73 Å². The van der Waals surface area contributed by atoms with Gasteiger partial charge in [0.25, 0.3) is 0 Å². The molecule has 3 heteroatoms. The molecule has 1 aromatic carbocycles. The molecule has 0 amide bonds. The Labute approximate surface area is 109 Å². The highest BCUT2D eigenvalue weighted by Gasteiger charge is 2.20. The molecule has 2 atom stereocenters. The third-order valence-corrected chi connectivity index (χ3v) is 4.15. The molecule has 0 aromatic heterocycles. The van der Waals surface area contributed by atoms with E-state index < -0.39 is 0 Å². The van der Waals surface area contributed by atoms with Gasteiger partial charge in [0.1, 0.15) is 0 Å². The van der Waals surface area contributed by atoms with Crippen molar-refractivity contribution in [3.63, 3.8) is 0 Å². The lowest BCUT2D eigenvalue weighted by Gasteiger charge is -2.24. The SMILES string of the molecule is CC(C)C(C)C(N)c1cc(Br)ccc1Br. The molecular weight excluding hydrogens is 318 g/mol. The van der Waals surface area contributed by atoms with Gasteiger partial charge in [0.05, 0.1) is 0 Å². The molecule has 0 spiro atoms. The van der Waals surface area contributed by atoms with Gasteiger partial charge in [-0.25, -0.2) is 0 Å². The molecule has 1 rings (SSSR count). The van der Waals surface area contributed by atoms with E-state index in [4.69, 9.17) is 5.73 Å². The summed E-state index contributed by atoms with van der Waals surface area (Å²) in [4.78, 5) is 0. The lowest BCUT2D eigenvalue weighted by Crippen LogP contribution is -2.23. The van der Waals surface area contributed by atoms with E-state index in [1.165, 1.54) is 5.56 Å². The van der Waals surface area contributed by atoms with Crippen molar-refractivity contribution < 1.29 is 0 Å². The summed E-state index contributed by atoms with van der Waals surface area (Å²) >= 11 is 7.02. The van der Waals surface area contributed by atoms with E-state index >= 15 is 0 Å². The van der Waals surface area contributed by atoms with E-state index in [1.54, 1.807) is 0 Å². The topological polar surface area (TPSA) is 26.0 Å². The Kier molecular flexibility index (Phi) is 4.81. The lowest BCUT2D eigenvalue weighted by atomic mass is 9.87. The first-order valence-corrected chi connectivity index (χ1v) is 6.72. The largest absolute Gasteiger partial charge is 0.324 e. The molecule has 0 saturated heterocycles. The average molecular weight is 335 g/mol. The zero-order valence-corrected chi connectivity index (χ0v) is 12.5. The van der Waals surface area contributed by atoms with Gasteiger partial charge in [-0.05, 0) is 35.6 Å². The normalized spacial score (nSPS) is 15.4. The van der Waals surface area contributed by atoms with Gasteiger partial charge in [0, 0.05) is 15.0 Å². The highest BCUT2D eigenvalue weighted by molar-refractivity contribution is 9.11. The van der Waals surface area contributed by atoms with Crippen molar-refractivity contribution in [1.29, 1.82) is 0 Å². The van der Waals surface area contributed by atoms with Crippen LogP contribution in [0.2, 0.25) is 0 Å². The predicted octanol–water partition coefficient (Wildman–Crippen LogP) is 4.50. The number of halogens is 2. The number of benzene rings is 1. The van der Waals surface area contributed by atoms with Crippen molar-refractivity contribution in [3.8, 4) is 0 Å². The molecule has 0 bridgehead atoms. The Morgan fingerprint density at radius 1 is 1.13 bits per heavy atom. The molecule has 0 aliphatic rings. The van der Waals surface area contributed by atoms with E-state index in [0.29, 0.717) is 11.8 Å². The van der Waals surface area contributed by atoms with E-state index in [0.717, 1.165) is 8.95 Å². The van der Waals surface area contributed by atoms with Crippen molar-refractivity contribution in [2.24, 2.45) is 17.6 Å². The zero-order valence-electron chi connectivity index (χ0n) is 9.30. The van der Waals surface area contributed by atoms with Gasteiger partial charge in [-0.1, -0.05) is 52.6 Å². The van der Waals surface area contributed by atoms with Crippen LogP contribution >= 0.6 is 31.9 Å². The fourth-order valence-electron chi connectivity index (χ4n) is 1.47. The molecule has 0 radical (unpaired) electrons. The Morgan fingerprint density at radius 2 is 1.73 bits per heavy atom. The Balaban J connectivity index is 2.99. The highest BCUT2D eigenvalue weighted by atomic mass is 79.9. The summed E-state index contributed by atoms with van der Waals surface area (Å²) in [6, 6.07) is 6.22. The Morgan fingerprint density at radius 3 is 2.27 bits per heavy atom. The van der Waals surface area contributed by atoms with Crippen LogP contribution in [0.1, 0.15) is 32.4 Å². The second-order valence-corrected chi connectivity index (χ2v) is 6.06. The van der Waals surface area contributed by atoms with Gasteiger partial charge in [0.15, 0.2) is 0 Å². The molecule has 0 aliphatic heterocycles. The second kappa shape index (κ2) is 5.46. The quantitative estimate of drug-likeness (QED) is 0.865. The molecule has 0 heterocycles. The molecule has 2 unspecified atom stereocenters. The van der Waals surface area contributed by atoms with E-state index in [9.17, 15) is 0 Å². The second-order valence-electron chi connectivity index (χ2n) is 4.29. The van der Waals surface area contributed by atoms with E-state index in [-0.39, 0.29) is 6.04 Å². The van der Waals surface area contributed by atoms with Crippen molar-refractivity contribution in [2.45, 2.75) is 26.8 Å². The Hall–Kier alpha value is 0.140. The highest BCUT2D eigenvalue weighted by Crippen LogP contribution is 2.32. The maximum atomic E-state index is 6.26. The molecule has 84 valence electrons. The molecule has 15 heavy (non-hydrogen) atoms. The summed E-state index contributed by atoms with van der Waals surface area (Å²) in [6.45, 7) is 6.61. The number of rotatable bonds is 3. The third-order valence-electron chi connectivity index (χ3n) is 2.94. The average Bonchev–Trinajstić information content (AvgIpc) is 2.19. The molecule has 0 saturated carbocycles. The predicted molar refractivity (Wildman–Crippen MR) is 72.8 cm³/mol. The van der Waals surface area contributed by atoms with Crippen molar-refractivity contribution in [2.75, 3.05) is 0 Å². The third kappa shape index (κ3) is 3.30. The summed E-state index contributed by atoms with van der Waals surface area (Å²) in [5.41, 5.74) is 7.43. The van der Waals surface area contributed by atoms with Crippen LogP contribution in [0.3, 0.4) is 0 Å². The van der Waals surface area contributed by atoms with E-state index in [2.05, 4.69) is 58.7 Å². The molecule has 1 aromatic rings. The van der Waals surface area contributed by atoms with Gasteiger partial charge >= 0.3 is 0 Å². The van der Waals surface area contributed by atoms with Crippen molar-refractivity contribution in [3.05, 3.63) is 32.7 Å². The Bertz CT molecular complexity index is 336. The zero-order chi connectivity index (χ0) is 11.6. The summed E-state index contributed by atoms with van der Waals surface area (Å²) in [5, 5.41) is 0. The summed E-state index contributed by atoms with van der Waals surface area (Å²) in [5.74, 6) is 1.06. The van der Waals surface area contributed by atoms with Gasteiger partial charge < -0.3 is 5.73 Å². The molecule has 0 fully saturated rings. The minimum atomic E-state index is 0.0804. The minimum Gasteiger partial charge on any atom is -0.324 e. The van der Waals surface area contributed by atoms with E-state index in [1.807, 2.05) is 12.1 Å². The molecular formula is C12H17Br2N. The summed E-state index contributed by atoms with van der Waals surface area (Å²) in [7, 11) is 0. The van der Waals surface area contributed by atoms with Crippen LogP contribution in [0, 0.1) is 11.8 Å². The standard InChI is InChI=1S/C12H17Br2N/c1-7(2)8(3)12(15)10-6-9(13)4-5-11(10)14/h4-8,12H,15H2,1-3H3. The smallest absolute Gasteiger partial charge is 0.0334 e. The van der Waals surface area contributed by atoms with Crippen LogP contribution in [-0.4, -0.2) is 0 Å². The number of hydrogen-bond donors (Lipinski definition) is 1.